The molecule has 0 spiro atoms. The maximum Gasteiger partial charge on any atom is 0.404 e. The van der Waals surface area contributed by atoms with Crippen molar-refractivity contribution in [3.63, 3.8) is 0 Å². The molecule has 0 aliphatic carbocycles. The summed E-state index contributed by atoms with van der Waals surface area (Å²) < 4.78 is 11.7. The second-order valence-corrected chi connectivity index (χ2v) is 8.02. The van der Waals surface area contributed by atoms with Gasteiger partial charge in [0.05, 0.1) is 23.9 Å². The molecule has 1 fully saturated rings. The maximum absolute atomic E-state index is 13.1. The second-order valence-electron chi connectivity index (χ2n) is 8.02. The lowest BCUT2D eigenvalue weighted by molar-refractivity contribution is 0.101. The number of hydrogen-bond donors (Lipinski definition) is 3. The van der Waals surface area contributed by atoms with Crippen LogP contribution in [-0.2, 0) is 6.54 Å². The SMILES string of the molecule is COc1ccc2c(c1CN1CCCC1CNC(=O)O)OC(=Cc1n[nH]c3ncccc13)C2=O. The minimum atomic E-state index is -1.04. The molecule has 4 heterocycles. The van der Waals surface area contributed by atoms with Crippen molar-refractivity contribution in [3.05, 3.63) is 53.0 Å². The van der Waals surface area contributed by atoms with Crippen LogP contribution in [0.1, 0.15) is 34.5 Å². The van der Waals surface area contributed by atoms with Crippen LogP contribution in [0.3, 0.4) is 0 Å². The highest BCUT2D eigenvalue weighted by molar-refractivity contribution is 6.15. The van der Waals surface area contributed by atoms with Gasteiger partial charge in [0, 0.05) is 36.8 Å². The largest absolute Gasteiger partial charge is 0.496 e. The van der Waals surface area contributed by atoms with E-state index < -0.39 is 6.09 Å². The van der Waals surface area contributed by atoms with Crippen molar-refractivity contribution in [2.45, 2.75) is 25.4 Å². The van der Waals surface area contributed by atoms with E-state index in [1.165, 1.54) is 0 Å². The van der Waals surface area contributed by atoms with Crippen LogP contribution in [0.25, 0.3) is 17.1 Å². The first-order valence-electron chi connectivity index (χ1n) is 10.7. The number of H-pyrrole nitrogens is 1. The molecule has 1 saturated heterocycles. The first-order chi connectivity index (χ1) is 16.0. The molecule has 0 radical (unpaired) electrons. The third-order valence-electron chi connectivity index (χ3n) is 6.10. The fourth-order valence-corrected chi connectivity index (χ4v) is 4.48. The van der Waals surface area contributed by atoms with E-state index in [2.05, 4.69) is 25.4 Å². The van der Waals surface area contributed by atoms with E-state index in [9.17, 15) is 9.59 Å². The smallest absolute Gasteiger partial charge is 0.404 e. The highest BCUT2D eigenvalue weighted by Crippen LogP contribution is 2.41. The third kappa shape index (κ3) is 3.89. The first kappa shape index (κ1) is 21.0. The Labute approximate surface area is 189 Å². The molecule has 0 saturated carbocycles. The van der Waals surface area contributed by atoms with Gasteiger partial charge in [-0.2, -0.15) is 5.10 Å². The van der Waals surface area contributed by atoms with Gasteiger partial charge in [-0.3, -0.25) is 14.8 Å². The van der Waals surface area contributed by atoms with E-state index in [0.29, 0.717) is 41.5 Å². The number of carbonyl (C=O) groups excluding carboxylic acids is 1. The van der Waals surface area contributed by atoms with Crippen LogP contribution in [0.5, 0.6) is 11.5 Å². The Morgan fingerprint density at radius 3 is 3.12 bits per heavy atom. The number of aromatic amines is 1. The highest BCUT2D eigenvalue weighted by atomic mass is 16.5. The van der Waals surface area contributed by atoms with Crippen molar-refractivity contribution in [2.24, 2.45) is 0 Å². The number of carbonyl (C=O) groups is 2. The van der Waals surface area contributed by atoms with Crippen molar-refractivity contribution < 1.29 is 24.2 Å². The van der Waals surface area contributed by atoms with Gasteiger partial charge in [-0.1, -0.05) is 0 Å². The van der Waals surface area contributed by atoms with Crippen LogP contribution < -0.4 is 14.8 Å². The summed E-state index contributed by atoms with van der Waals surface area (Å²) in [6.45, 7) is 1.65. The average Bonchev–Trinajstić information content (AvgIpc) is 3.51. The molecule has 1 unspecified atom stereocenters. The summed E-state index contributed by atoms with van der Waals surface area (Å²) in [5, 5.41) is 19.3. The molecular formula is C23H23N5O5. The van der Waals surface area contributed by atoms with Crippen molar-refractivity contribution in [2.75, 3.05) is 20.2 Å². The fourth-order valence-electron chi connectivity index (χ4n) is 4.48. The monoisotopic (exact) mass is 449 g/mol. The molecule has 10 nitrogen and oxygen atoms in total. The molecule has 5 rings (SSSR count). The quantitative estimate of drug-likeness (QED) is 0.490. The molecule has 10 heteroatoms. The molecule has 3 aromatic rings. The van der Waals surface area contributed by atoms with Crippen molar-refractivity contribution >= 4 is 29.0 Å². The number of ketones is 1. The highest BCUT2D eigenvalue weighted by Gasteiger charge is 2.34. The average molecular weight is 449 g/mol. The van der Waals surface area contributed by atoms with Crippen molar-refractivity contribution in [3.8, 4) is 11.5 Å². The van der Waals surface area contributed by atoms with Crippen LogP contribution in [0.4, 0.5) is 4.79 Å². The number of nitrogens with one attached hydrogen (secondary N) is 2. The number of rotatable bonds is 6. The zero-order valence-electron chi connectivity index (χ0n) is 18.0. The van der Waals surface area contributed by atoms with Gasteiger partial charge in [0.15, 0.2) is 11.4 Å². The van der Waals surface area contributed by atoms with Gasteiger partial charge in [-0.25, -0.2) is 9.78 Å². The van der Waals surface area contributed by atoms with Crippen molar-refractivity contribution in [1.29, 1.82) is 0 Å². The lowest BCUT2D eigenvalue weighted by atomic mass is 10.0. The fraction of sp³-hybridized carbons (Fsp3) is 0.304. The number of allylic oxidation sites excluding steroid dienone is 1. The lowest BCUT2D eigenvalue weighted by Gasteiger charge is -2.25. The van der Waals surface area contributed by atoms with Gasteiger partial charge in [0.1, 0.15) is 11.5 Å². The first-order valence-corrected chi connectivity index (χ1v) is 10.7. The predicted molar refractivity (Wildman–Crippen MR) is 119 cm³/mol. The predicted octanol–water partition coefficient (Wildman–Crippen LogP) is 2.81. The standard InChI is InChI=1S/C23H23N5O5/c1-32-18-7-6-15-20(29)19(10-17-14-5-2-8-24-22(14)27-26-17)33-21(15)16(18)12-28-9-3-4-13(28)11-25-23(30)31/h2,5-8,10,13,25H,3-4,9,11-12H2,1H3,(H,30,31)(H,24,26,27). The minimum absolute atomic E-state index is 0.0664. The summed E-state index contributed by atoms with van der Waals surface area (Å²) in [5.41, 5.74) is 2.43. The van der Waals surface area contributed by atoms with E-state index in [1.54, 1.807) is 37.6 Å². The van der Waals surface area contributed by atoms with Crippen LogP contribution in [-0.4, -0.2) is 63.3 Å². The minimum Gasteiger partial charge on any atom is -0.496 e. The number of ether oxygens (including phenoxy) is 2. The van der Waals surface area contributed by atoms with Gasteiger partial charge in [0.2, 0.25) is 5.78 Å². The Balaban J connectivity index is 1.46. The number of hydrogen-bond acceptors (Lipinski definition) is 7. The van der Waals surface area contributed by atoms with Crippen LogP contribution in [0.15, 0.2) is 36.2 Å². The van der Waals surface area contributed by atoms with Crippen molar-refractivity contribution in [1.82, 2.24) is 25.4 Å². The molecule has 3 N–H and O–H groups in total. The molecule has 2 aliphatic heterocycles. The molecule has 170 valence electrons. The Morgan fingerprint density at radius 2 is 2.30 bits per heavy atom. The molecule has 1 amide bonds. The molecule has 1 atom stereocenters. The number of pyridine rings is 1. The van der Waals surface area contributed by atoms with Crippen LogP contribution in [0, 0.1) is 0 Å². The molecule has 1 aromatic carbocycles. The molecule has 33 heavy (non-hydrogen) atoms. The van der Waals surface area contributed by atoms with Gasteiger partial charge in [0.25, 0.3) is 0 Å². The Bertz CT molecular complexity index is 1270. The van der Waals surface area contributed by atoms with Crippen LogP contribution >= 0.6 is 0 Å². The van der Waals surface area contributed by atoms with E-state index in [-0.39, 0.29) is 17.6 Å². The third-order valence-corrected chi connectivity index (χ3v) is 6.10. The maximum atomic E-state index is 13.1. The number of carboxylic acid groups (broad SMARTS) is 1. The second kappa shape index (κ2) is 8.55. The van der Waals surface area contributed by atoms with Gasteiger partial charge in [-0.15, -0.1) is 0 Å². The molecule has 2 aromatic heterocycles. The summed E-state index contributed by atoms with van der Waals surface area (Å²) in [6.07, 6.45) is 4.11. The Hall–Kier alpha value is -3.92. The summed E-state index contributed by atoms with van der Waals surface area (Å²) in [4.78, 5) is 30.5. The topological polar surface area (TPSA) is 130 Å². The number of Topliss-reactive ketones (excluding diaryl/α,β-unsaturated/α-hetero) is 1. The number of fused-ring (bicyclic) bond motifs is 2. The number of methoxy groups -OCH3 is 1. The van der Waals surface area contributed by atoms with Gasteiger partial charge < -0.3 is 19.9 Å². The summed E-state index contributed by atoms with van der Waals surface area (Å²) in [5.74, 6) is 1.05. The normalized spacial score (nSPS) is 19.1. The number of amides is 1. The molecular weight excluding hydrogens is 426 g/mol. The number of benzene rings is 1. The summed E-state index contributed by atoms with van der Waals surface area (Å²) >= 11 is 0. The Morgan fingerprint density at radius 1 is 1.42 bits per heavy atom. The molecule has 0 bridgehead atoms. The van der Waals surface area contributed by atoms with E-state index in [4.69, 9.17) is 14.6 Å². The number of nitrogens with zero attached hydrogens (tertiary/aromatic N) is 3. The van der Waals surface area contributed by atoms with E-state index in [0.717, 1.165) is 30.3 Å². The van der Waals surface area contributed by atoms with Gasteiger partial charge >= 0.3 is 6.09 Å². The zero-order chi connectivity index (χ0) is 22.9. The van der Waals surface area contributed by atoms with E-state index in [1.807, 2.05) is 6.07 Å². The Kier molecular flexibility index (Phi) is 5.43. The summed E-state index contributed by atoms with van der Waals surface area (Å²) in [7, 11) is 1.58. The lowest BCUT2D eigenvalue weighted by Crippen LogP contribution is -2.39. The summed E-state index contributed by atoms with van der Waals surface area (Å²) in [6, 6.07) is 7.22. The number of aromatic nitrogens is 3. The van der Waals surface area contributed by atoms with E-state index >= 15 is 0 Å². The van der Waals surface area contributed by atoms with Crippen LogP contribution in [0.2, 0.25) is 0 Å². The molecule has 2 aliphatic rings. The zero-order valence-corrected chi connectivity index (χ0v) is 18.0. The number of likely N-dealkylation sites (tertiary alicyclic amines) is 1. The van der Waals surface area contributed by atoms with Gasteiger partial charge in [-0.05, 0) is 43.7 Å².